The second-order valence-electron chi connectivity index (χ2n) is 4.06. The van der Waals surface area contributed by atoms with Gasteiger partial charge in [-0.2, -0.15) is 4.52 Å². The van der Waals surface area contributed by atoms with E-state index in [4.69, 9.17) is 16.7 Å². The molecule has 6 nitrogen and oxygen atoms in total. The van der Waals surface area contributed by atoms with E-state index in [0.29, 0.717) is 16.4 Å². The van der Waals surface area contributed by atoms with Gasteiger partial charge in [0.05, 0.1) is 10.7 Å². The molecule has 0 atom stereocenters. The molecule has 0 saturated heterocycles. The molecule has 100 valence electrons. The second-order valence-corrected chi connectivity index (χ2v) is 4.47. The number of para-hydroxylation sites is 1. The Bertz CT molecular complexity index is 882. The van der Waals surface area contributed by atoms with Gasteiger partial charge in [-0.25, -0.2) is 9.78 Å². The van der Waals surface area contributed by atoms with Crippen molar-refractivity contribution in [3.8, 4) is 5.69 Å². The maximum atomic E-state index is 12.2. The number of aromatic nitrogens is 3. The Kier molecular flexibility index (Phi) is 2.80. The van der Waals surface area contributed by atoms with Crippen molar-refractivity contribution in [1.82, 2.24) is 14.2 Å². The Balaban J connectivity index is 2.39. The Morgan fingerprint density at radius 2 is 2.00 bits per heavy atom. The predicted molar refractivity (Wildman–Crippen MR) is 72.8 cm³/mol. The zero-order valence-electron chi connectivity index (χ0n) is 10.0. The molecule has 0 aliphatic heterocycles. The minimum atomic E-state index is -1.32. The number of hydrogen-bond donors (Lipinski definition) is 1. The van der Waals surface area contributed by atoms with Crippen LogP contribution in [0.15, 0.2) is 47.5 Å². The van der Waals surface area contributed by atoms with E-state index in [-0.39, 0.29) is 0 Å². The molecule has 3 rings (SSSR count). The van der Waals surface area contributed by atoms with E-state index >= 15 is 0 Å². The van der Waals surface area contributed by atoms with Crippen LogP contribution in [0.4, 0.5) is 0 Å². The van der Waals surface area contributed by atoms with Crippen molar-refractivity contribution in [2.45, 2.75) is 0 Å². The van der Waals surface area contributed by atoms with Gasteiger partial charge in [-0.3, -0.25) is 9.48 Å². The number of nitrogens with zero attached hydrogens (tertiary/aromatic N) is 3. The topological polar surface area (TPSA) is 76.6 Å². The lowest BCUT2D eigenvalue weighted by atomic mass is 10.3. The number of benzene rings is 1. The van der Waals surface area contributed by atoms with E-state index in [0.717, 1.165) is 6.20 Å². The fraction of sp³-hybridized carbons (Fsp3) is 0. The van der Waals surface area contributed by atoms with Gasteiger partial charge in [0.15, 0.2) is 5.65 Å². The minimum absolute atomic E-state index is 0.347. The van der Waals surface area contributed by atoms with Crippen LogP contribution < -0.4 is 5.56 Å². The van der Waals surface area contributed by atoms with E-state index in [2.05, 4.69) is 4.98 Å². The first-order valence-electron chi connectivity index (χ1n) is 5.67. The van der Waals surface area contributed by atoms with E-state index in [1.54, 1.807) is 36.5 Å². The van der Waals surface area contributed by atoms with Gasteiger partial charge in [0.1, 0.15) is 5.56 Å². The fourth-order valence-electron chi connectivity index (χ4n) is 1.96. The molecule has 3 aromatic rings. The number of carboxylic acids is 1. The van der Waals surface area contributed by atoms with Crippen molar-refractivity contribution >= 4 is 23.2 Å². The van der Waals surface area contributed by atoms with E-state index in [1.165, 1.54) is 9.20 Å². The third-order valence-electron chi connectivity index (χ3n) is 2.88. The van der Waals surface area contributed by atoms with Crippen LogP contribution in [0.1, 0.15) is 10.4 Å². The summed E-state index contributed by atoms with van der Waals surface area (Å²) >= 11 is 6.10. The Hall–Kier alpha value is -2.60. The van der Waals surface area contributed by atoms with E-state index in [9.17, 15) is 9.59 Å². The molecule has 0 unspecified atom stereocenters. The van der Waals surface area contributed by atoms with Crippen LogP contribution >= 0.6 is 11.6 Å². The van der Waals surface area contributed by atoms with E-state index < -0.39 is 17.1 Å². The Morgan fingerprint density at radius 3 is 2.70 bits per heavy atom. The standard InChI is InChI=1S/C13H8ClN3O3/c14-9-3-1-2-4-10(9)16-6-5-11-15-7-8(13(19)20)12(18)17(11)16/h1-7H,(H,19,20). The predicted octanol–water partition coefficient (Wildman–Crippen LogP) is 1.84. The maximum Gasteiger partial charge on any atom is 0.343 e. The van der Waals surface area contributed by atoms with Gasteiger partial charge in [0, 0.05) is 18.5 Å². The summed E-state index contributed by atoms with van der Waals surface area (Å²) in [6.45, 7) is 0. The summed E-state index contributed by atoms with van der Waals surface area (Å²) in [5.74, 6) is -1.32. The Morgan fingerprint density at radius 1 is 1.25 bits per heavy atom. The molecular formula is C13H8ClN3O3. The molecular weight excluding hydrogens is 282 g/mol. The molecule has 0 amide bonds. The first-order chi connectivity index (χ1) is 9.59. The second kappa shape index (κ2) is 4.50. The molecule has 0 aliphatic rings. The fourth-order valence-corrected chi connectivity index (χ4v) is 2.18. The van der Waals surface area contributed by atoms with Crippen LogP contribution in [0.5, 0.6) is 0 Å². The summed E-state index contributed by atoms with van der Waals surface area (Å²) in [6, 6.07) is 8.55. The van der Waals surface area contributed by atoms with Crippen LogP contribution in [-0.2, 0) is 0 Å². The molecule has 20 heavy (non-hydrogen) atoms. The summed E-state index contributed by atoms with van der Waals surface area (Å²) in [6.07, 6.45) is 2.66. The number of hydrogen-bond acceptors (Lipinski definition) is 3. The van der Waals surface area contributed by atoms with Gasteiger partial charge in [-0.05, 0) is 12.1 Å². The number of fused-ring (bicyclic) bond motifs is 1. The molecule has 0 fully saturated rings. The number of carbonyl (C=O) groups is 1. The molecule has 1 aromatic carbocycles. The average molecular weight is 290 g/mol. The van der Waals surface area contributed by atoms with Gasteiger partial charge in [0.25, 0.3) is 5.56 Å². The van der Waals surface area contributed by atoms with Crippen molar-refractivity contribution in [3.05, 3.63) is 63.7 Å². The van der Waals surface area contributed by atoms with E-state index in [1.807, 2.05) is 0 Å². The van der Waals surface area contributed by atoms with Crippen LogP contribution in [0.3, 0.4) is 0 Å². The van der Waals surface area contributed by atoms with Crippen molar-refractivity contribution in [3.63, 3.8) is 0 Å². The SMILES string of the molecule is O=C(O)c1cnc2ccn(-c3ccccc3Cl)n2c1=O. The highest BCUT2D eigenvalue weighted by molar-refractivity contribution is 6.32. The van der Waals surface area contributed by atoms with Crippen LogP contribution in [0.25, 0.3) is 11.3 Å². The van der Waals surface area contributed by atoms with Crippen molar-refractivity contribution in [2.24, 2.45) is 0 Å². The van der Waals surface area contributed by atoms with Crippen LogP contribution in [-0.4, -0.2) is 25.3 Å². The van der Waals surface area contributed by atoms with Gasteiger partial charge < -0.3 is 5.11 Å². The number of carboxylic acid groups (broad SMARTS) is 1. The first kappa shape index (κ1) is 12.4. The minimum Gasteiger partial charge on any atom is -0.477 e. The Labute approximate surface area is 117 Å². The summed E-state index contributed by atoms with van der Waals surface area (Å²) in [4.78, 5) is 27.2. The van der Waals surface area contributed by atoms with Gasteiger partial charge in [-0.1, -0.05) is 23.7 Å². The lowest BCUT2D eigenvalue weighted by molar-refractivity contribution is 0.0694. The largest absolute Gasteiger partial charge is 0.477 e. The highest BCUT2D eigenvalue weighted by Gasteiger charge is 2.15. The summed E-state index contributed by atoms with van der Waals surface area (Å²) in [5.41, 5.74) is -0.141. The maximum absolute atomic E-state index is 12.2. The molecule has 0 saturated carbocycles. The van der Waals surface area contributed by atoms with Crippen molar-refractivity contribution < 1.29 is 9.90 Å². The summed E-state index contributed by atoms with van der Waals surface area (Å²) < 4.78 is 2.64. The molecule has 0 radical (unpaired) electrons. The lowest BCUT2D eigenvalue weighted by Crippen LogP contribution is -2.26. The van der Waals surface area contributed by atoms with Gasteiger partial charge >= 0.3 is 5.97 Å². The monoisotopic (exact) mass is 289 g/mol. The average Bonchev–Trinajstić information content (AvgIpc) is 2.84. The quantitative estimate of drug-likeness (QED) is 0.781. The molecule has 2 aromatic heterocycles. The van der Waals surface area contributed by atoms with Crippen LogP contribution in [0.2, 0.25) is 5.02 Å². The molecule has 0 spiro atoms. The summed E-state index contributed by atoms with van der Waals surface area (Å²) in [5, 5.41) is 9.43. The lowest BCUT2D eigenvalue weighted by Gasteiger charge is -2.08. The highest BCUT2D eigenvalue weighted by atomic mass is 35.5. The normalized spacial score (nSPS) is 10.8. The zero-order valence-corrected chi connectivity index (χ0v) is 10.8. The van der Waals surface area contributed by atoms with Gasteiger partial charge in [-0.15, -0.1) is 0 Å². The smallest absolute Gasteiger partial charge is 0.343 e. The molecule has 7 heteroatoms. The number of halogens is 1. The molecule has 2 heterocycles. The van der Waals surface area contributed by atoms with Gasteiger partial charge in [0.2, 0.25) is 0 Å². The van der Waals surface area contributed by atoms with Crippen molar-refractivity contribution in [1.29, 1.82) is 0 Å². The number of aromatic carboxylic acids is 1. The van der Waals surface area contributed by atoms with Crippen LogP contribution in [0, 0.1) is 0 Å². The zero-order chi connectivity index (χ0) is 14.3. The molecule has 1 N–H and O–H groups in total. The summed E-state index contributed by atoms with van der Waals surface area (Å²) in [7, 11) is 0. The first-order valence-corrected chi connectivity index (χ1v) is 6.05. The molecule has 0 aliphatic carbocycles. The third kappa shape index (κ3) is 1.78. The number of rotatable bonds is 2. The third-order valence-corrected chi connectivity index (χ3v) is 3.20. The highest BCUT2D eigenvalue weighted by Crippen LogP contribution is 2.19. The van der Waals surface area contributed by atoms with Crippen molar-refractivity contribution in [2.75, 3.05) is 0 Å². The molecule has 0 bridgehead atoms.